The minimum atomic E-state index is -0.733. The predicted molar refractivity (Wildman–Crippen MR) is 109 cm³/mol. The van der Waals surface area contributed by atoms with Gasteiger partial charge in [-0.1, -0.05) is 6.07 Å². The third kappa shape index (κ3) is 4.09. The molecule has 29 heavy (non-hydrogen) atoms. The molecule has 1 saturated heterocycles. The molecule has 4 heterocycles. The van der Waals surface area contributed by atoms with Gasteiger partial charge in [-0.05, 0) is 36.9 Å². The van der Waals surface area contributed by atoms with Crippen molar-refractivity contribution >= 4 is 34.9 Å². The largest absolute Gasteiger partial charge is 0.347 e. The van der Waals surface area contributed by atoms with Crippen LogP contribution in [-0.2, 0) is 9.59 Å². The Morgan fingerprint density at radius 1 is 1.31 bits per heavy atom. The van der Waals surface area contributed by atoms with Crippen LogP contribution in [0, 0.1) is 0 Å². The summed E-state index contributed by atoms with van der Waals surface area (Å²) in [7, 11) is 0. The van der Waals surface area contributed by atoms with Crippen molar-refractivity contribution in [2.45, 2.75) is 37.9 Å². The van der Waals surface area contributed by atoms with Gasteiger partial charge in [0.1, 0.15) is 11.5 Å². The number of nitrogens with zero attached hydrogens (tertiary/aromatic N) is 2. The van der Waals surface area contributed by atoms with Crippen LogP contribution in [0.4, 0.5) is 5.82 Å². The Kier molecular flexibility index (Phi) is 5.23. The summed E-state index contributed by atoms with van der Waals surface area (Å²) in [6.07, 6.45) is 2.81. The van der Waals surface area contributed by atoms with E-state index in [0.717, 1.165) is 4.88 Å². The lowest BCUT2D eigenvalue weighted by Crippen LogP contribution is -2.58. The zero-order valence-electron chi connectivity index (χ0n) is 16.1. The topological polar surface area (TPSA) is 103 Å². The van der Waals surface area contributed by atoms with E-state index in [2.05, 4.69) is 20.9 Å². The molecule has 0 saturated carbocycles. The molecule has 8 nitrogen and oxygen atoms in total. The smallest absolute Gasteiger partial charge is 0.256 e. The van der Waals surface area contributed by atoms with Crippen molar-refractivity contribution < 1.29 is 14.4 Å². The molecular formula is C20H23N5O3S. The zero-order valence-corrected chi connectivity index (χ0v) is 16.9. The van der Waals surface area contributed by atoms with Gasteiger partial charge in [0.15, 0.2) is 0 Å². The highest BCUT2D eigenvalue weighted by molar-refractivity contribution is 7.10. The van der Waals surface area contributed by atoms with Gasteiger partial charge in [0.05, 0.1) is 18.2 Å². The first kappa shape index (κ1) is 19.4. The fourth-order valence-corrected chi connectivity index (χ4v) is 4.51. The minimum Gasteiger partial charge on any atom is -0.347 e. The van der Waals surface area contributed by atoms with Crippen LogP contribution in [-0.4, -0.2) is 46.4 Å². The monoisotopic (exact) mass is 413 g/mol. The van der Waals surface area contributed by atoms with Crippen LogP contribution in [0.3, 0.4) is 0 Å². The molecule has 0 aromatic carbocycles. The molecule has 3 amide bonds. The summed E-state index contributed by atoms with van der Waals surface area (Å²) < 4.78 is 0. The normalized spacial score (nSPS) is 22.3. The lowest BCUT2D eigenvalue weighted by atomic mass is 9.97. The van der Waals surface area contributed by atoms with E-state index < -0.39 is 5.66 Å². The summed E-state index contributed by atoms with van der Waals surface area (Å²) in [6.45, 7) is 2.30. The van der Waals surface area contributed by atoms with Gasteiger partial charge in [0, 0.05) is 30.5 Å². The number of carbonyl (C=O) groups excluding carboxylic acids is 3. The van der Waals surface area contributed by atoms with Crippen molar-refractivity contribution in [3.8, 4) is 0 Å². The first-order valence-electron chi connectivity index (χ1n) is 9.62. The van der Waals surface area contributed by atoms with Gasteiger partial charge in [-0.3, -0.25) is 14.4 Å². The number of hydrogen-bond donors (Lipinski definition) is 3. The van der Waals surface area contributed by atoms with Gasteiger partial charge in [-0.2, -0.15) is 0 Å². The van der Waals surface area contributed by atoms with Gasteiger partial charge < -0.3 is 20.9 Å². The molecule has 1 spiro atoms. The Morgan fingerprint density at radius 2 is 2.17 bits per heavy atom. The number of hydrogen-bond acceptors (Lipinski definition) is 6. The second kappa shape index (κ2) is 7.82. The maximum absolute atomic E-state index is 12.6. The average molecular weight is 414 g/mol. The molecule has 152 valence electrons. The Labute approximate surface area is 172 Å². The standard InChI is InChI=1S/C20H23N5O3S/c1-13(15-5-3-11-29-15)22-16(26)12-25-10-8-20(7-6-17(25)27)23-18-14(19(28)24-20)4-2-9-21-18/h2-5,9,11,13H,6-8,10,12H2,1H3,(H,21,23)(H,22,26)(H,24,28)/t13-,20+/m0/s1. The number of amides is 3. The average Bonchev–Trinajstić information content (AvgIpc) is 3.20. The first-order chi connectivity index (χ1) is 14.0. The van der Waals surface area contributed by atoms with Crippen molar-refractivity contribution in [1.82, 2.24) is 20.5 Å². The van der Waals surface area contributed by atoms with E-state index in [1.807, 2.05) is 24.4 Å². The molecule has 0 radical (unpaired) electrons. The van der Waals surface area contributed by atoms with Crippen LogP contribution < -0.4 is 16.0 Å². The van der Waals surface area contributed by atoms with Crippen LogP contribution in [0.1, 0.15) is 47.5 Å². The summed E-state index contributed by atoms with van der Waals surface area (Å²) in [5, 5.41) is 11.2. The number of pyridine rings is 1. The van der Waals surface area contributed by atoms with Gasteiger partial charge in [0.25, 0.3) is 5.91 Å². The van der Waals surface area contributed by atoms with E-state index in [1.165, 1.54) is 0 Å². The highest BCUT2D eigenvalue weighted by atomic mass is 32.1. The van der Waals surface area contributed by atoms with Gasteiger partial charge in [-0.25, -0.2) is 4.98 Å². The second-order valence-electron chi connectivity index (χ2n) is 7.43. The summed E-state index contributed by atoms with van der Waals surface area (Å²) in [5.41, 5.74) is -0.240. The fourth-order valence-electron chi connectivity index (χ4n) is 3.77. The third-order valence-electron chi connectivity index (χ3n) is 5.37. The number of carbonyl (C=O) groups is 3. The maximum Gasteiger partial charge on any atom is 0.256 e. The van der Waals surface area contributed by atoms with Crippen molar-refractivity contribution in [3.63, 3.8) is 0 Å². The zero-order chi connectivity index (χ0) is 20.4. The van der Waals surface area contributed by atoms with Crippen LogP contribution in [0.2, 0.25) is 0 Å². The first-order valence-corrected chi connectivity index (χ1v) is 10.5. The van der Waals surface area contributed by atoms with Crippen molar-refractivity contribution in [2.75, 3.05) is 18.4 Å². The van der Waals surface area contributed by atoms with Crippen LogP contribution in [0.15, 0.2) is 35.8 Å². The number of likely N-dealkylation sites (tertiary alicyclic amines) is 1. The molecule has 2 aromatic rings. The van der Waals surface area contributed by atoms with Crippen molar-refractivity contribution in [3.05, 3.63) is 46.3 Å². The molecule has 0 aliphatic carbocycles. The lowest BCUT2D eigenvalue weighted by Gasteiger charge is -2.39. The number of anilines is 1. The lowest BCUT2D eigenvalue weighted by molar-refractivity contribution is -0.135. The summed E-state index contributed by atoms with van der Waals surface area (Å²) in [6, 6.07) is 7.24. The second-order valence-corrected chi connectivity index (χ2v) is 8.41. The highest BCUT2D eigenvalue weighted by Crippen LogP contribution is 2.30. The quantitative estimate of drug-likeness (QED) is 0.710. The maximum atomic E-state index is 12.6. The Hall–Kier alpha value is -2.94. The van der Waals surface area contributed by atoms with Crippen molar-refractivity contribution in [1.29, 1.82) is 0 Å². The molecule has 1 fully saturated rings. The van der Waals surface area contributed by atoms with Crippen molar-refractivity contribution in [2.24, 2.45) is 0 Å². The van der Waals surface area contributed by atoms with Gasteiger partial charge in [-0.15, -0.1) is 11.3 Å². The van der Waals surface area contributed by atoms with E-state index in [9.17, 15) is 14.4 Å². The molecule has 4 rings (SSSR count). The molecule has 0 bridgehead atoms. The Bertz CT molecular complexity index is 932. The van der Waals surface area contributed by atoms with E-state index >= 15 is 0 Å². The SMILES string of the molecule is C[C@H](NC(=O)CN1CC[C@@]2(CCC1=O)NC(=O)c1cccnc1N2)c1cccs1. The van der Waals surface area contributed by atoms with E-state index in [4.69, 9.17) is 0 Å². The molecule has 9 heteroatoms. The minimum absolute atomic E-state index is 0.00735. The fraction of sp³-hybridized carbons (Fsp3) is 0.400. The van der Waals surface area contributed by atoms with E-state index in [-0.39, 0.29) is 36.7 Å². The van der Waals surface area contributed by atoms with Crippen LogP contribution in [0.25, 0.3) is 0 Å². The highest BCUT2D eigenvalue weighted by Gasteiger charge is 2.41. The van der Waals surface area contributed by atoms with E-state index in [0.29, 0.717) is 30.8 Å². The molecule has 0 unspecified atom stereocenters. The summed E-state index contributed by atoms with van der Waals surface area (Å²) in [4.78, 5) is 44.5. The number of nitrogens with one attached hydrogen (secondary N) is 3. The molecule has 2 aliphatic rings. The van der Waals surface area contributed by atoms with E-state index in [1.54, 1.807) is 34.6 Å². The molecule has 3 N–H and O–H groups in total. The number of rotatable bonds is 4. The van der Waals surface area contributed by atoms with Crippen LogP contribution in [0.5, 0.6) is 0 Å². The van der Waals surface area contributed by atoms with Gasteiger partial charge in [0.2, 0.25) is 11.8 Å². The van der Waals surface area contributed by atoms with Gasteiger partial charge >= 0.3 is 0 Å². The molecular weight excluding hydrogens is 390 g/mol. The number of aromatic nitrogens is 1. The Morgan fingerprint density at radius 3 is 2.97 bits per heavy atom. The third-order valence-corrected chi connectivity index (χ3v) is 6.43. The molecule has 2 atom stereocenters. The summed E-state index contributed by atoms with van der Waals surface area (Å²) in [5.74, 6) is 0.0430. The predicted octanol–water partition coefficient (Wildman–Crippen LogP) is 1.88. The Balaban J connectivity index is 1.40. The molecule has 2 aromatic heterocycles. The molecule has 2 aliphatic heterocycles. The van der Waals surface area contributed by atoms with Crippen LogP contribution >= 0.6 is 11.3 Å². The summed E-state index contributed by atoms with van der Waals surface area (Å²) >= 11 is 1.58. The number of fused-ring (bicyclic) bond motifs is 1. The number of thiophene rings is 1.